The highest BCUT2D eigenvalue weighted by Crippen LogP contribution is 2.33. The number of nitrogens with two attached hydrogens (primary N) is 1. The van der Waals surface area contributed by atoms with Gasteiger partial charge in [-0.15, -0.1) is 0 Å². The van der Waals surface area contributed by atoms with Crippen molar-refractivity contribution in [2.24, 2.45) is 5.73 Å². The van der Waals surface area contributed by atoms with Crippen molar-refractivity contribution < 1.29 is 9.50 Å². The number of rotatable bonds is 4. The van der Waals surface area contributed by atoms with Crippen LogP contribution in [-0.4, -0.2) is 11.7 Å². The van der Waals surface area contributed by atoms with E-state index in [1.165, 1.54) is 12.1 Å². The first kappa shape index (κ1) is 15.2. The Morgan fingerprint density at radius 3 is 2.65 bits per heavy atom. The summed E-state index contributed by atoms with van der Waals surface area (Å²) in [6.45, 7) is 2.18. The molecule has 106 valence electrons. The van der Waals surface area contributed by atoms with E-state index in [1.54, 1.807) is 12.1 Å². The third-order valence-corrected chi connectivity index (χ3v) is 3.97. The van der Waals surface area contributed by atoms with E-state index in [0.29, 0.717) is 5.56 Å². The summed E-state index contributed by atoms with van der Waals surface area (Å²) >= 11 is 3.40. The van der Waals surface area contributed by atoms with E-state index in [9.17, 15) is 9.50 Å². The number of aliphatic hydroxyl groups is 1. The summed E-state index contributed by atoms with van der Waals surface area (Å²) in [5.74, 6) is -0.655. The van der Waals surface area contributed by atoms with E-state index in [4.69, 9.17) is 5.73 Å². The highest BCUT2D eigenvalue weighted by Gasteiger charge is 2.23. The average molecular weight is 338 g/mol. The van der Waals surface area contributed by atoms with Crippen LogP contribution in [0.25, 0.3) is 0 Å². The lowest BCUT2D eigenvalue weighted by molar-refractivity contribution is 0.146. The van der Waals surface area contributed by atoms with Gasteiger partial charge in [0, 0.05) is 16.9 Å². The zero-order valence-corrected chi connectivity index (χ0v) is 12.8. The molecule has 0 aromatic heterocycles. The molecule has 0 heterocycles. The van der Waals surface area contributed by atoms with Gasteiger partial charge in [0.25, 0.3) is 0 Å². The van der Waals surface area contributed by atoms with Gasteiger partial charge >= 0.3 is 0 Å². The SMILES string of the molecule is Cc1ccc(Br)cc1C(O)C(CN)c1cccc(F)c1. The standard InChI is InChI=1S/C16H17BrFNO/c1-10-5-6-12(17)8-14(10)16(20)15(9-19)11-3-2-4-13(18)7-11/h2-8,15-16,20H,9,19H2,1H3. The minimum absolute atomic E-state index is 0.247. The topological polar surface area (TPSA) is 46.2 Å². The van der Waals surface area contributed by atoms with Gasteiger partial charge in [-0.05, 0) is 47.9 Å². The van der Waals surface area contributed by atoms with Crippen LogP contribution in [-0.2, 0) is 0 Å². The van der Waals surface area contributed by atoms with Crippen LogP contribution in [0.3, 0.4) is 0 Å². The lowest BCUT2D eigenvalue weighted by Gasteiger charge is -2.24. The smallest absolute Gasteiger partial charge is 0.123 e. The Hall–Kier alpha value is -1.23. The third-order valence-electron chi connectivity index (χ3n) is 3.47. The predicted octanol–water partition coefficient (Wildman–Crippen LogP) is 3.67. The van der Waals surface area contributed by atoms with Gasteiger partial charge in [0.1, 0.15) is 5.82 Å². The summed E-state index contributed by atoms with van der Waals surface area (Å²) in [6, 6.07) is 12.0. The molecule has 0 aliphatic heterocycles. The Morgan fingerprint density at radius 2 is 2.00 bits per heavy atom. The molecule has 2 aromatic carbocycles. The van der Waals surface area contributed by atoms with Crippen LogP contribution in [0.4, 0.5) is 4.39 Å². The van der Waals surface area contributed by atoms with E-state index < -0.39 is 6.10 Å². The molecule has 2 rings (SSSR count). The molecule has 0 aliphatic rings. The molecule has 0 radical (unpaired) electrons. The van der Waals surface area contributed by atoms with Crippen molar-refractivity contribution in [3.05, 3.63) is 69.4 Å². The molecule has 0 spiro atoms. The van der Waals surface area contributed by atoms with Crippen LogP contribution < -0.4 is 5.73 Å². The van der Waals surface area contributed by atoms with Gasteiger partial charge in [-0.25, -0.2) is 4.39 Å². The number of aliphatic hydroxyl groups excluding tert-OH is 1. The van der Waals surface area contributed by atoms with Crippen molar-refractivity contribution in [1.82, 2.24) is 0 Å². The van der Waals surface area contributed by atoms with E-state index in [0.717, 1.165) is 15.6 Å². The maximum absolute atomic E-state index is 13.3. The molecule has 0 saturated carbocycles. The zero-order valence-electron chi connectivity index (χ0n) is 11.2. The van der Waals surface area contributed by atoms with Crippen molar-refractivity contribution in [1.29, 1.82) is 0 Å². The summed E-state index contributed by atoms with van der Waals surface area (Å²) in [5, 5.41) is 10.6. The molecule has 0 fully saturated rings. The summed E-state index contributed by atoms with van der Waals surface area (Å²) in [6.07, 6.45) is -0.765. The predicted molar refractivity (Wildman–Crippen MR) is 82.0 cm³/mol. The molecular weight excluding hydrogens is 321 g/mol. The molecule has 2 aromatic rings. The Kier molecular flexibility index (Phi) is 4.91. The molecule has 0 aliphatic carbocycles. The fraction of sp³-hybridized carbons (Fsp3) is 0.250. The van der Waals surface area contributed by atoms with E-state index in [1.807, 2.05) is 25.1 Å². The first-order valence-electron chi connectivity index (χ1n) is 6.42. The van der Waals surface area contributed by atoms with Crippen LogP contribution in [0.15, 0.2) is 46.9 Å². The van der Waals surface area contributed by atoms with E-state index in [2.05, 4.69) is 15.9 Å². The normalized spacial score (nSPS) is 14.1. The lowest BCUT2D eigenvalue weighted by atomic mass is 9.87. The van der Waals surface area contributed by atoms with Crippen LogP contribution in [0.5, 0.6) is 0 Å². The molecule has 0 bridgehead atoms. The molecule has 4 heteroatoms. The summed E-state index contributed by atoms with van der Waals surface area (Å²) in [4.78, 5) is 0. The molecule has 3 N–H and O–H groups in total. The van der Waals surface area contributed by atoms with Crippen LogP contribution >= 0.6 is 15.9 Å². The molecule has 2 unspecified atom stereocenters. The molecule has 0 saturated heterocycles. The van der Waals surface area contributed by atoms with Crippen LogP contribution in [0.2, 0.25) is 0 Å². The number of benzene rings is 2. The van der Waals surface area contributed by atoms with Crippen molar-refractivity contribution in [2.45, 2.75) is 18.9 Å². The van der Waals surface area contributed by atoms with Crippen molar-refractivity contribution >= 4 is 15.9 Å². The Morgan fingerprint density at radius 1 is 1.25 bits per heavy atom. The average Bonchev–Trinajstić information content (AvgIpc) is 2.42. The Labute approximate surface area is 126 Å². The van der Waals surface area contributed by atoms with E-state index >= 15 is 0 Å². The Bertz CT molecular complexity index is 603. The fourth-order valence-corrected chi connectivity index (χ4v) is 2.71. The zero-order chi connectivity index (χ0) is 14.7. The van der Waals surface area contributed by atoms with Crippen molar-refractivity contribution in [3.8, 4) is 0 Å². The van der Waals surface area contributed by atoms with Crippen LogP contribution in [0.1, 0.15) is 28.7 Å². The van der Waals surface area contributed by atoms with Crippen molar-refractivity contribution in [2.75, 3.05) is 6.54 Å². The van der Waals surface area contributed by atoms with Gasteiger partial charge < -0.3 is 10.8 Å². The molecule has 20 heavy (non-hydrogen) atoms. The monoisotopic (exact) mass is 337 g/mol. The van der Waals surface area contributed by atoms with Gasteiger partial charge in [0.2, 0.25) is 0 Å². The fourth-order valence-electron chi connectivity index (χ4n) is 2.33. The second-order valence-electron chi connectivity index (χ2n) is 4.84. The third kappa shape index (κ3) is 3.26. The minimum Gasteiger partial charge on any atom is -0.388 e. The van der Waals surface area contributed by atoms with Gasteiger partial charge in [-0.3, -0.25) is 0 Å². The summed E-state index contributed by atoms with van der Waals surface area (Å²) in [7, 11) is 0. The number of halogens is 2. The van der Waals surface area contributed by atoms with Gasteiger partial charge in [-0.2, -0.15) is 0 Å². The second kappa shape index (κ2) is 6.48. The number of hydrogen-bond acceptors (Lipinski definition) is 2. The number of aryl methyl sites for hydroxylation is 1. The molecule has 2 atom stereocenters. The van der Waals surface area contributed by atoms with Gasteiger partial charge in [0.15, 0.2) is 0 Å². The minimum atomic E-state index is -0.765. The van der Waals surface area contributed by atoms with E-state index in [-0.39, 0.29) is 18.3 Å². The largest absolute Gasteiger partial charge is 0.388 e. The first-order valence-corrected chi connectivity index (χ1v) is 7.22. The summed E-state index contributed by atoms with van der Waals surface area (Å²) in [5.41, 5.74) is 8.28. The molecule has 0 amide bonds. The number of hydrogen-bond donors (Lipinski definition) is 2. The maximum Gasteiger partial charge on any atom is 0.123 e. The summed E-state index contributed by atoms with van der Waals surface area (Å²) < 4.78 is 14.2. The quantitative estimate of drug-likeness (QED) is 0.893. The molecular formula is C16H17BrFNO. The van der Waals surface area contributed by atoms with Crippen molar-refractivity contribution in [3.63, 3.8) is 0 Å². The Balaban J connectivity index is 2.38. The second-order valence-corrected chi connectivity index (χ2v) is 5.76. The van der Waals surface area contributed by atoms with Gasteiger partial charge in [0.05, 0.1) is 6.10 Å². The maximum atomic E-state index is 13.3. The highest BCUT2D eigenvalue weighted by molar-refractivity contribution is 9.10. The van der Waals surface area contributed by atoms with Gasteiger partial charge in [-0.1, -0.05) is 34.1 Å². The first-order chi connectivity index (χ1) is 9.52. The van der Waals surface area contributed by atoms with Crippen LogP contribution in [0, 0.1) is 12.7 Å². The molecule has 2 nitrogen and oxygen atoms in total. The highest BCUT2D eigenvalue weighted by atomic mass is 79.9. The lowest BCUT2D eigenvalue weighted by Crippen LogP contribution is -2.21.